The minimum Gasteiger partial charge on any atom is -0.444 e. The number of guanidine groups is 1. The highest BCUT2D eigenvalue weighted by Gasteiger charge is 2.20. The van der Waals surface area contributed by atoms with Crippen molar-refractivity contribution in [2.75, 3.05) is 37.6 Å². The van der Waals surface area contributed by atoms with Gasteiger partial charge < -0.3 is 19.5 Å². The van der Waals surface area contributed by atoms with Gasteiger partial charge in [-0.1, -0.05) is 18.2 Å². The number of nitrogens with one attached hydrogen (secondary N) is 1. The molecule has 2 heterocycles. The van der Waals surface area contributed by atoms with E-state index in [9.17, 15) is 0 Å². The third-order valence-corrected chi connectivity index (χ3v) is 4.47. The van der Waals surface area contributed by atoms with Crippen LogP contribution in [-0.4, -0.2) is 48.6 Å². The smallest absolute Gasteiger partial charge is 0.216 e. The summed E-state index contributed by atoms with van der Waals surface area (Å²) in [5, 5.41) is 3.39. The summed E-state index contributed by atoms with van der Waals surface area (Å²) in [6.45, 7) is 11.2. The SMILES string of the molecule is CCNC(=NCc1nc(C)c(C)o1)N1CCN(c2ccccc2)CC1.I. The second-order valence-electron chi connectivity index (χ2n) is 6.23. The van der Waals surface area contributed by atoms with Crippen LogP contribution in [0.5, 0.6) is 0 Å². The van der Waals surface area contributed by atoms with Gasteiger partial charge in [-0.25, -0.2) is 9.98 Å². The lowest BCUT2D eigenvalue weighted by atomic mass is 10.2. The van der Waals surface area contributed by atoms with Crippen molar-refractivity contribution >= 4 is 35.6 Å². The highest BCUT2D eigenvalue weighted by atomic mass is 127. The van der Waals surface area contributed by atoms with Gasteiger partial charge in [0.1, 0.15) is 12.3 Å². The number of piperazine rings is 1. The molecule has 26 heavy (non-hydrogen) atoms. The van der Waals surface area contributed by atoms with Crippen molar-refractivity contribution in [3.63, 3.8) is 0 Å². The van der Waals surface area contributed by atoms with Crippen LogP contribution < -0.4 is 10.2 Å². The first-order chi connectivity index (χ1) is 12.2. The average molecular weight is 469 g/mol. The molecule has 0 radical (unpaired) electrons. The Morgan fingerprint density at radius 3 is 2.42 bits per heavy atom. The van der Waals surface area contributed by atoms with Crippen LogP contribution in [0.25, 0.3) is 0 Å². The van der Waals surface area contributed by atoms with Gasteiger partial charge in [-0.2, -0.15) is 0 Å². The number of para-hydroxylation sites is 1. The maximum absolute atomic E-state index is 5.63. The molecule has 1 aromatic carbocycles. The van der Waals surface area contributed by atoms with E-state index in [1.54, 1.807) is 0 Å². The molecule has 0 bridgehead atoms. The molecule has 6 nitrogen and oxygen atoms in total. The van der Waals surface area contributed by atoms with Gasteiger partial charge in [0, 0.05) is 38.4 Å². The predicted octanol–water partition coefficient (Wildman–Crippen LogP) is 3.20. The lowest BCUT2D eigenvalue weighted by Crippen LogP contribution is -2.52. The monoisotopic (exact) mass is 469 g/mol. The first-order valence-electron chi connectivity index (χ1n) is 8.93. The molecule has 0 saturated carbocycles. The van der Waals surface area contributed by atoms with Gasteiger partial charge in [0.05, 0.1) is 5.69 Å². The lowest BCUT2D eigenvalue weighted by Gasteiger charge is -2.37. The number of aliphatic imine (C=N–C) groups is 1. The van der Waals surface area contributed by atoms with Crippen molar-refractivity contribution in [1.82, 2.24) is 15.2 Å². The summed E-state index contributed by atoms with van der Waals surface area (Å²) in [5.74, 6) is 2.48. The van der Waals surface area contributed by atoms with Gasteiger partial charge >= 0.3 is 0 Å². The Labute approximate surface area is 172 Å². The van der Waals surface area contributed by atoms with Crippen molar-refractivity contribution < 1.29 is 4.42 Å². The van der Waals surface area contributed by atoms with Crippen molar-refractivity contribution in [3.8, 4) is 0 Å². The molecule has 0 amide bonds. The molecule has 142 valence electrons. The Balaban J connectivity index is 0.00000243. The number of hydrogen-bond acceptors (Lipinski definition) is 4. The molecule has 0 spiro atoms. The van der Waals surface area contributed by atoms with Gasteiger partial charge in [-0.05, 0) is 32.9 Å². The predicted molar refractivity (Wildman–Crippen MR) is 116 cm³/mol. The van der Waals surface area contributed by atoms with E-state index in [-0.39, 0.29) is 24.0 Å². The second kappa shape index (κ2) is 9.80. The number of benzene rings is 1. The van der Waals surface area contributed by atoms with Crippen molar-refractivity contribution in [3.05, 3.63) is 47.7 Å². The average Bonchev–Trinajstić information content (AvgIpc) is 2.97. The summed E-state index contributed by atoms with van der Waals surface area (Å²) in [6.07, 6.45) is 0. The van der Waals surface area contributed by atoms with Crippen LogP contribution in [0.4, 0.5) is 5.69 Å². The van der Waals surface area contributed by atoms with E-state index in [4.69, 9.17) is 9.41 Å². The molecule has 0 atom stereocenters. The third kappa shape index (κ3) is 5.12. The van der Waals surface area contributed by atoms with E-state index in [1.807, 2.05) is 13.8 Å². The Morgan fingerprint density at radius 1 is 1.15 bits per heavy atom. The quantitative estimate of drug-likeness (QED) is 0.424. The Kier molecular flexibility index (Phi) is 7.74. The number of halogens is 1. The molecule has 1 aliphatic rings. The van der Waals surface area contributed by atoms with Crippen LogP contribution in [0, 0.1) is 13.8 Å². The molecular formula is C19H28IN5O. The van der Waals surface area contributed by atoms with Crippen LogP contribution >= 0.6 is 24.0 Å². The van der Waals surface area contributed by atoms with Crippen LogP contribution in [0.2, 0.25) is 0 Å². The summed E-state index contributed by atoms with van der Waals surface area (Å²) in [5.41, 5.74) is 2.22. The summed E-state index contributed by atoms with van der Waals surface area (Å²) in [7, 11) is 0. The van der Waals surface area contributed by atoms with E-state index in [0.717, 1.165) is 50.1 Å². The number of anilines is 1. The molecule has 0 aliphatic carbocycles. The highest BCUT2D eigenvalue weighted by molar-refractivity contribution is 14.0. The molecule has 1 fully saturated rings. The summed E-state index contributed by atoms with van der Waals surface area (Å²) >= 11 is 0. The van der Waals surface area contributed by atoms with Crippen LogP contribution in [0.3, 0.4) is 0 Å². The topological polar surface area (TPSA) is 56.9 Å². The zero-order valence-corrected chi connectivity index (χ0v) is 18.1. The largest absolute Gasteiger partial charge is 0.444 e. The lowest BCUT2D eigenvalue weighted by molar-refractivity contribution is 0.371. The van der Waals surface area contributed by atoms with Gasteiger partial charge in [-0.3, -0.25) is 0 Å². The molecule has 3 rings (SSSR count). The maximum Gasteiger partial charge on any atom is 0.216 e. The van der Waals surface area contributed by atoms with Gasteiger partial charge in [0.15, 0.2) is 5.96 Å². The van der Waals surface area contributed by atoms with E-state index in [1.165, 1.54) is 5.69 Å². The molecular weight excluding hydrogens is 441 g/mol. The van der Waals surface area contributed by atoms with Gasteiger partial charge in [-0.15, -0.1) is 24.0 Å². The Bertz CT molecular complexity index is 688. The van der Waals surface area contributed by atoms with Crippen LogP contribution in [0.1, 0.15) is 24.3 Å². The zero-order valence-electron chi connectivity index (χ0n) is 15.7. The Hall–Kier alpha value is -1.77. The minimum atomic E-state index is 0. The Morgan fingerprint density at radius 2 is 1.85 bits per heavy atom. The van der Waals surface area contributed by atoms with E-state index < -0.39 is 0 Å². The van der Waals surface area contributed by atoms with Crippen LogP contribution in [0.15, 0.2) is 39.7 Å². The second-order valence-corrected chi connectivity index (χ2v) is 6.23. The number of aromatic nitrogens is 1. The minimum absolute atomic E-state index is 0. The number of aryl methyl sites for hydroxylation is 2. The first kappa shape index (κ1) is 20.5. The molecule has 1 N–H and O–H groups in total. The van der Waals surface area contributed by atoms with Gasteiger partial charge in [0.2, 0.25) is 5.89 Å². The fourth-order valence-electron chi connectivity index (χ4n) is 2.99. The fraction of sp³-hybridized carbons (Fsp3) is 0.474. The summed E-state index contributed by atoms with van der Waals surface area (Å²) in [6, 6.07) is 10.6. The summed E-state index contributed by atoms with van der Waals surface area (Å²) in [4.78, 5) is 13.9. The van der Waals surface area contributed by atoms with Crippen molar-refractivity contribution in [2.45, 2.75) is 27.3 Å². The van der Waals surface area contributed by atoms with Crippen molar-refractivity contribution in [2.24, 2.45) is 4.99 Å². The third-order valence-electron chi connectivity index (χ3n) is 4.47. The normalized spacial score (nSPS) is 15.0. The highest BCUT2D eigenvalue weighted by Crippen LogP contribution is 2.16. The molecule has 0 unspecified atom stereocenters. The van der Waals surface area contributed by atoms with Gasteiger partial charge in [0.25, 0.3) is 0 Å². The standard InChI is InChI=1S/C19H27N5O.HI/c1-4-20-19(21-14-18-22-15(2)16(3)25-18)24-12-10-23(11-13-24)17-8-6-5-7-9-17;/h5-9H,4,10-14H2,1-3H3,(H,20,21);1H. The molecule has 1 aliphatic heterocycles. The number of hydrogen-bond donors (Lipinski definition) is 1. The number of rotatable bonds is 4. The maximum atomic E-state index is 5.63. The molecule has 7 heteroatoms. The van der Waals surface area contributed by atoms with E-state index in [0.29, 0.717) is 12.4 Å². The molecule has 2 aromatic rings. The first-order valence-corrected chi connectivity index (χ1v) is 8.93. The van der Waals surface area contributed by atoms with E-state index >= 15 is 0 Å². The molecule has 1 aromatic heterocycles. The van der Waals surface area contributed by atoms with E-state index in [2.05, 4.69) is 57.4 Å². The number of oxazole rings is 1. The fourth-order valence-corrected chi connectivity index (χ4v) is 2.99. The molecule has 1 saturated heterocycles. The van der Waals surface area contributed by atoms with Crippen LogP contribution in [-0.2, 0) is 6.54 Å². The van der Waals surface area contributed by atoms with Crippen molar-refractivity contribution in [1.29, 1.82) is 0 Å². The number of nitrogens with zero attached hydrogens (tertiary/aromatic N) is 4. The summed E-state index contributed by atoms with van der Waals surface area (Å²) < 4.78 is 5.63. The zero-order chi connectivity index (χ0) is 17.6.